The molecule has 0 saturated carbocycles. The van der Waals surface area contributed by atoms with Crippen molar-refractivity contribution in [3.8, 4) is 0 Å². The summed E-state index contributed by atoms with van der Waals surface area (Å²) in [6.45, 7) is 3.94. The number of hydrogen-bond donors (Lipinski definition) is 1. The number of nitrogens with zero attached hydrogens (tertiary/aromatic N) is 1. The van der Waals surface area contributed by atoms with Gasteiger partial charge >= 0.3 is 0 Å². The first-order chi connectivity index (χ1) is 9.08. The molecule has 1 N–H and O–H groups in total. The molecule has 0 bridgehead atoms. The summed E-state index contributed by atoms with van der Waals surface area (Å²) in [5.41, 5.74) is 1.91. The van der Waals surface area contributed by atoms with E-state index in [1.807, 2.05) is 13.8 Å². The van der Waals surface area contributed by atoms with E-state index < -0.39 is 11.6 Å². The van der Waals surface area contributed by atoms with Gasteiger partial charge < -0.3 is 5.32 Å². The summed E-state index contributed by atoms with van der Waals surface area (Å²) < 4.78 is 27.1. The van der Waals surface area contributed by atoms with Crippen LogP contribution in [0.25, 0.3) is 0 Å². The van der Waals surface area contributed by atoms with Crippen LogP contribution in [0.5, 0.6) is 0 Å². The van der Waals surface area contributed by atoms with Crippen LogP contribution >= 0.6 is 11.3 Å². The Labute approximate surface area is 115 Å². The van der Waals surface area contributed by atoms with Crippen molar-refractivity contribution in [1.82, 2.24) is 10.3 Å². The van der Waals surface area contributed by atoms with E-state index in [1.54, 1.807) is 23.0 Å². The van der Waals surface area contributed by atoms with E-state index in [4.69, 9.17) is 0 Å². The fourth-order valence-electron chi connectivity index (χ4n) is 2.04. The first-order valence-corrected chi connectivity index (χ1v) is 7.03. The molecule has 0 radical (unpaired) electrons. The minimum absolute atomic E-state index is 0.0245. The largest absolute Gasteiger partial charge is 0.307 e. The lowest BCUT2D eigenvalue weighted by molar-refractivity contribution is 0.460. The van der Waals surface area contributed by atoms with Crippen molar-refractivity contribution >= 4 is 11.3 Å². The molecule has 2 rings (SSSR count). The zero-order valence-electron chi connectivity index (χ0n) is 10.9. The molecule has 102 valence electrons. The van der Waals surface area contributed by atoms with Crippen LogP contribution in [0, 0.1) is 11.6 Å². The maximum Gasteiger partial charge on any atom is 0.129 e. The number of rotatable bonds is 5. The number of aromatic nitrogens is 1. The van der Waals surface area contributed by atoms with Gasteiger partial charge in [0.2, 0.25) is 0 Å². The van der Waals surface area contributed by atoms with Crippen molar-refractivity contribution in [3.05, 3.63) is 52.0 Å². The second-order valence-electron chi connectivity index (χ2n) is 4.60. The third-order valence-electron chi connectivity index (χ3n) is 2.98. The minimum atomic E-state index is -0.487. The third kappa shape index (κ3) is 3.58. The number of benzene rings is 1. The van der Waals surface area contributed by atoms with Crippen molar-refractivity contribution in [3.63, 3.8) is 0 Å². The van der Waals surface area contributed by atoms with Crippen molar-refractivity contribution in [2.45, 2.75) is 32.4 Å². The summed E-state index contributed by atoms with van der Waals surface area (Å²) in [5, 5.41) is 3.32. The van der Waals surface area contributed by atoms with E-state index in [0.717, 1.165) is 4.88 Å². The molecule has 1 aromatic carbocycles. The molecule has 0 amide bonds. The molecule has 0 spiro atoms. The van der Waals surface area contributed by atoms with Gasteiger partial charge in [0, 0.05) is 28.7 Å². The fraction of sp³-hybridized carbons (Fsp3) is 0.357. The average Bonchev–Trinajstić information content (AvgIpc) is 2.88. The van der Waals surface area contributed by atoms with Gasteiger partial charge in [0.15, 0.2) is 0 Å². The zero-order valence-corrected chi connectivity index (χ0v) is 11.7. The van der Waals surface area contributed by atoms with Crippen LogP contribution in [0.1, 0.15) is 30.3 Å². The summed E-state index contributed by atoms with van der Waals surface area (Å²) in [7, 11) is 0. The second kappa shape index (κ2) is 6.21. The average molecular weight is 282 g/mol. The normalized spacial score (nSPS) is 14.3. The smallest absolute Gasteiger partial charge is 0.129 e. The van der Waals surface area contributed by atoms with Crippen LogP contribution in [0.3, 0.4) is 0 Å². The van der Waals surface area contributed by atoms with Crippen molar-refractivity contribution < 1.29 is 8.78 Å². The quantitative estimate of drug-likeness (QED) is 0.904. The Morgan fingerprint density at radius 2 is 1.95 bits per heavy atom. The maximum absolute atomic E-state index is 13.5. The summed E-state index contributed by atoms with van der Waals surface area (Å²) in [6, 6.07) is 4.06. The second-order valence-corrected chi connectivity index (χ2v) is 5.52. The highest BCUT2D eigenvalue weighted by Crippen LogP contribution is 2.19. The molecule has 1 aromatic heterocycles. The Morgan fingerprint density at radius 1 is 1.26 bits per heavy atom. The molecule has 0 aliphatic rings. The van der Waals surface area contributed by atoms with E-state index in [0.29, 0.717) is 6.42 Å². The van der Waals surface area contributed by atoms with Gasteiger partial charge in [-0.2, -0.15) is 0 Å². The topological polar surface area (TPSA) is 24.9 Å². The van der Waals surface area contributed by atoms with Gasteiger partial charge in [0.05, 0.1) is 5.51 Å². The van der Waals surface area contributed by atoms with Gasteiger partial charge in [0.25, 0.3) is 0 Å². The van der Waals surface area contributed by atoms with Crippen LogP contribution in [0.15, 0.2) is 29.9 Å². The lowest BCUT2D eigenvalue weighted by Crippen LogP contribution is -2.31. The first kappa shape index (κ1) is 14.1. The Morgan fingerprint density at radius 3 is 2.53 bits per heavy atom. The number of nitrogens with one attached hydrogen (secondary N) is 1. The highest BCUT2D eigenvalue weighted by Gasteiger charge is 2.15. The molecule has 0 aliphatic carbocycles. The van der Waals surface area contributed by atoms with Gasteiger partial charge in [-0.05, 0) is 32.4 Å². The van der Waals surface area contributed by atoms with Crippen molar-refractivity contribution in [2.75, 3.05) is 0 Å². The fourth-order valence-corrected chi connectivity index (χ4v) is 2.68. The van der Waals surface area contributed by atoms with Gasteiger partial charge in [-0.1, -0.05) is 6.07 Å². The molecule has 2 atom stereocenters. The molecule has 2 nitrogen and oxygen atoms in total. The molecular formula is C14H16F2N2S. The predicted molar refractivity (Wildman–Crippen MR) is 73.2 cm³/mol. The van der Waals surface area contributed by atoms with Crippen LogP contribution in [-0.4, -0.2) is 11.0 Å². The van der Waals surface area contributed by atoms with Crippen LogP contribution in [0.2, 0.25) is 0 Å². The number of halogens is 2. The molecule has 5 heteroatoms. The van der Waals surface area contributed by atoms with Gasteiger partial charge in [-0.25, -0.2) is 8.78 Å². The third-order valence-corrected chi connectivity index (χ3v) is 3.94. The van der Waals surface area contributed by atoms with Gasteiger partial charge in [-0.3, -0.25) is 4.98 Å². The highest BCUT2D eigenvalue weighted by atomic mass is 32.1. The number of hydrogen-bond acceptors (Lipinski definition) is 3. The molecular weight excluding hydrogens is 266 g/mol. The molecule has 0 aliphatic heterocycles. The van der Waals surface area contributed by atoms with Crippen LogP contribution in [-0.2, 0) is 6.42 Å². The zero-order chi connectivity index (χ0) is 13.8. The van der Waals surface area contributed by atoms with E-state index >= 15 is 0 Å². The lowest BCUT2D eigenvalue weighted by atomic mass is 10.0. The maximum atomic E-state index is 13.5. The SMILES string of the molecule is CC(Cc1c(F)cccc1F)NC(C)c1cncs1. The van der Waals surface area contributed by atoms with E-state index in [-0.39, 0.29) is 17.6 Å². The monoisotopic (exact) mass is 282 g/mol. The summed E-state index contributed by atoms with van der Waals surface area (Å²) >= 11 is 1.56. The summed E-state index contributed by atoms with van der Waals surface area (Å²) in [4.78, 5) is 5.13. The van der Waals surface area contributed by atoms with E-state index in [2.05, 4.69) is 10.3 Å². The number of thiazole rings is 1. The van der Waals surface area contributed by atoms with Gasteiger partial charge in [0.1, 0.15) is 11.6 Å². The van der Waals surface area contributed by atoms with Crippen LogP contribution in [0.4, 0.5) is 8.78 Å². The van der Waals surface area contributed by atoms with E-state index in [1.165, 1.54) is 18.2 Å². The lowest BCUT2D eigenvalue weighted by Gasteiger charge is -2.19. The van der Waals surface area contributed by atoms with Crippen molar-refractivity contribution in [2.24, 2.45) is 0 Å². The first-order valence-electron chi connectivity index (χ1n) is 6.15. The molecule has 0 fully saturated rings. The highest BCUT2D eigenvalue weighted by molar-refractivity contribution is 7.09. The molecule has 19 heavy (non-hydrogen) atoms. The molecule has 1 heterocycles. The Balaban J connectivity index is 2.00. The van der Waals surface area contributed by atoms with Gasteiger partial charge in [-0.15, -0.1) is 11.3 Å². The van der Waals surface area contributed by atoms with Crippen molar-refractivity contribution in [1.29, 1.82) is 0 Å². The standard InChI is InChI=1S/C14H16F2N2S/c1-9(18-10(2)14-7-17-8-19-14)6-11-12(15)4-3-5-13(11)16/h3-5,7-10,18H,6H2,1-2H3. The minimum Gasteiger partial charge on any atom is -0.307 e. The molecule has 2 aromatic rings. The Kier molecular flexibility index (Phi) is 4.61. The Bertz CT molecular complexity index is 508. The van der Waals surface area contributed by atoms with E-state index in [9.17, 15) is 8.78 Å². The molecule has 0 saturated heterocycles. The predicted octanol–water partition coefficient (Wildman–Crippen LogP) is 3.70. The summed E-state index contributed by atoms with van der Waals surface area (Å²) in [6.07, 6.45) is 2.13. The van der Waals surface area contributed by atoms with Crippen LogP contribution < -0.4 is 5.32 Å². The Hall–Kier alpha value is -1.33. The molecule has 2 unspecified atom stereocenters. The summed E-state index contributed by atoms with van der Waals surface area (Å²) in [5.74, 6) is -0.974.